The second-order valence-electron chi connectivity index (χ2n) is 5.83. The number of carbonyl (C=O) groups excluding carboxylic acids is 2. The van der Waals surface area contributed by atoms with Crippen LogP contribution in [-0.2, 0) is 4.79 Å². The first-order valence-corrected chi connectivity index (χ1v) is 8.60. The van der Waals surface area contributed by atoms with E-state index in [4.69, 9.17) is 16.3 Å². The molecule has 0 saturated carbocycles. The first kappa shape index (κ1) is 17.3. The fraction of sp³-hybridized carbons (Fsp3) is 0.263. The lowest BCUT2D eigenvalue weighted by Gasteiger charge is -2.29. The Labute approximate surface area is 151 Å². The number of benzene rings is 2. The highest BCUT2D eigenvalue weighted by atomic mass is 35.5. The summed E-state index contributed by atoms with van der Waals surface area (Å²) >= 11 is 5.84. The summed E-state index contributed by atoms with van der Waals surface area (Å²) < 4.78 is 5.49. The second kappa shape index (κ2) is 7.57. The number of hydrogen-bond donors (Lipinski definition) is 1. The lowest BCUT2D eigenvalue weighted by molar-refractivity contribution is -0.121. The zero-order valence-corrected chi connectivity index (χ0v) is 14.7. The molecule has 0 fully saturated rings. The Morgan fingerprint density at radius 3 is 2.72 bits per heavy atom. The Bertz CT molecular complexity index is 790. The van der Waals surface area contributed by atoms with E-state index in [1.165, 1.54) is 0 Å². The fourth-order valence-corrected chi connectivity index (χ4v) is 2.77. The summed E-state index contributed by atoms with van der Waals surface area (Å²) in [6.45, 7) is 2.77. The summed E-state index contributed by atoms with van der Waals surface area (Å²) in [6, 6.07) is 12.0. The van der Waals surface area contributed by atoms with Gasteiger partial charge in [0.05, 0.1) is 5.69 Å². The molecule has 0 aromatic heterocycles. The number of fused-ring (bicyclic) bond motifs is 1. The lowest BCUT2D eigenvalue weighted by Crippen LogP contribution is -2.39. The molecule has 0 unspecified atom stereocenters. The normalized spacial score (nSPS) is 13.2. The van der Waals surface area contributed by atoms with Crippen LogP contribution in [0.5, 0.6) is 5.75 Å². The van der Waals surface area contributed by atoms with Crippen molar-refractivity contribution in [1.82, 2.24) is 0 Å². The number of halogens is 1. The molecule has 25 heavy (non-hydrogen) atoms. The predicted octanol–water partition coefficient (Wildman–Crippen LogP) is 4.12. The van der Waals surface area contributed by atoms with Crippen LogP contribution < -0.4 is 15.0 Å². The Morgan fingerprint density at radius 1 is 1.24 bits per heavy atom. The summed E-state index contributed by atoms with van der Waals surface area (Å²) in [7, 11) is 0. The van der Waals surface area contributed by atoms with Gasteiger partial charge in [0.1, 0.15) is 5.75 Å². The van der Waals surface area contributed by atoms with Crippen LogP contribution in [0.1, 0.15) is 30.1 Å². The Hall–Kier alpha value is -2.53. The van der Waals surface area contributed by atoms with Gasteiger partial charge in [-0.1, -0.05) is 24.9 Å². The van der Waals surface area contributed by atoms with E-state index in [1.807, 2.05) is 0 Å². The van der Waals surface area contributed by atoms with Crippen molar-refractivity contribution in [3.63, 3.8) is 0 Å². The molecule has 0 bridgehead atoms. The minimum absolute atomic E-state index is 0.0488. The summed E-state index contributed by atoms with van der Waals surface area (Å²) in [5.41, 5.74) is 1.81. The van der Waals surface area contributed by atoms with Gasteiger partial charge in [0.15, 0.2) is 6.61 Å². The largest absolute Gasteiger partial charge is 0.482 e. The fourth-order valence-electron chi connectivity index (χ4n) is 2.65. The molecular formula is C19H19ClN2O3. The maximum absolute atomic E-state index is 12.3. The van der Waals surface area contributed by atoms with Crippen molar-refractivity contribution >= 4 is 34.8 Å². The van der Waals surface area contributed by atoms with Gasteiger partial charge in [0.25, 0.3) is 11.8 Å². The van der Waals surface area contributed by atoms with Gasteiger partial charge in [-0.05, 0) is 48.9 Å². The molecule has 2 aromatic carbocycles. The van der Waals surface area contributed by atoms with Crippen LogP contribution in [0.25, 0.3) is 0 Å². The number of carbonyl (C=O) groups is 2. The van der Waals surface area contributed by atoms with Gasteiger partial charge < -0.3 is 15.0 Å². The molecule has 2 amide bonds. The van der Waals surface area contributed by atoms with Crippen molar-refractivity contribution in [1.29, 1.82) is 0 Å². The minimum Gasteiger partial charge on any atom is -0.482 e. The van der Waals surface area contributed by atoms with Crippen LogP contribution in [0.4, 0.5) is 11.4 Å². The first-order chi connectivity index (χ1) is 12.1. The second-order valence-corrected chi connectivity index (χ2v) is 6.27. The summed E-state index contributed by atoms with van der Waals surface area (Å²) in [5.74, 6) is 0.349. The number of hydrogen-bond acceptors (Lipinski definition) is 3. The Morgan fingerprint density at radius 2 is 2.00 bits per heavy atom. The highest BCUT2D eigenvalue weighted by Gasteiger charge is 2.25. The van der Waals surface area contributed by atoms with Gasteiger partial charge in [-0.25, -0.2) is 0 Å². The molecule has 0 aliphatic carbocycles. The molecule has 1 N–H and O–H groups in total. The van der Waals surface area contributed by atoms with E-state index in [0.717, 1.165) is 12.8 Å². The smallest absolute Gasteiger partial charge is 0.265 e. The van der Waals surface area contributed by atoms with Crippen LogP contribution in [0.3, 0.4) is 0 Å². The number of nitrogens with zero attached hydrogens (tertiary/aromatic N) is 1. The maximum atomic E-state index is 12.3. The molecule has 0 radical (unpaired) electrons. The van der Waals surface area contributed by atoms with Gasteiger partial charge in [0.2, 0.25) is 0 Å². The number of amides is 2. The van der Waals surface area contributed by atoms with E-state index in [1.54, 1.807) is 47.4 Å². The summed E-state index contributed by atoms with van der Waals surface area (Å²) in [5, 5.41) is 3.42. The molecule has 0 atom stereocenters. The van der Waals surface area contributed by atoms with Crippen LogP contribution in [0.15, 0.2) is 42.5 Å². The predicted molar refractivity (Wildman–Crippen MR) is 98.6 cm³/mol. The van der Waals surface area contributed by atoms with Gasteiger partial charge in [0, 0.05) is 22.8 Å². The molecular weight excluding hydrogens is 340 g/mol. The molecule has 1 heterocycles. The average Bonchev–Trinajstić information content (AvgIpc) is 2.61. The van der Waals surface area contributed by atoms with Gasteiger partial charge in [-0.3, -0.25) is 9.59 Å². The van der Waals surface area contributed by atoms with Gasteiger partial charge in [-0.2, -0.15) is 0 Å². The highest BCUT2D eigenvalue weighted by Crippen LogP contribution is 2.34. The molecule has 5 nitrogen and oxygen atoms in total. The lowest BCUT2D eigenvalue weighted by atomic mass is 10.1. The average molecular weight is 359 g/mol. The van der Waals surface area contributed by atoms with E-state index in [2.05, 4.69) is 12.2 Å². The molecule has 3 rings (SSSR count). The van der Waals surface area contributed by atoms with E-state index in [-0.39, 0.29) is 18.4 Å². The van der Waals surface area contributed by atoms with Crippen molar-refractivity contribution in [2.45, 2.75) is 19.8 Å². The Balaban J connectivity index is 1.82. The number of nitrogens with one attached hydrogen (secondary N) is 1. The third-order valence-corrected chi connectivity index (χ3v) is 4.25. The molecule has 1 aliphatic rings. The summed E-state index contributed by atoms with van der Waals surface area (Å²) in [6.07, 6.45) is 1.90. The van der Waals surface area contributed by atoms with E-state index < -0.39 is 0 Å². The number of anilines is 2. The van der Waals surface area contributed by atoms with Crippen LogP contribution in [-0.4, -0.2) is 25.0 Å². The van der Waals surface area contributed by atoms with E-state index in [9.17, 15) is 9.59 Å². The quantitative estimate of drug-likeness (QED) is 0.874. The number of ether oxygens (including phenoxy) is 1. The van der Waals surface area contributed by atoms with Gasteiger partial charge >= 0.3 is 0 Å². The monoisotopic (exact) mass is 358 g/mol. The topological polar surface area (TPSA) is 58.6 Å². The molecule has 2 aromatic rings. The zero-order valence-electron chi connectivity index (χ0n) is 13.9. The molecule has 6 heteroatoms. The molecule has 0 spiro atoms. The van der Waals surface area contributed by atoms with Crippen LogP contribution in [0, 0.1) is 0 Å². The van der Waals surface area contributed by atoms with Crippen molar-refractivity contribution in [2.75, 3.05) is 23.4 Å². The van der Waals surface area contributed by atoms with E-state index in [0.29, 0.717) is 34.3 Å². The van der Waals surface area contributed by atoms with Crippen LogP contribution in [0.2, 0.25) is 5.02 Å². The highest BCUT2D eigenvalue weighted by molar-refractivity contribution is 6.30. The third-order valence-electron chi connectivity index (χ3n) is 4.00. The molecule has 130 valence electrons. The van der Waals surface area contributed by atoms with Crippen LogP contribution >= 0.6 is 11.6 Å². The van der Waals surface area contributed by atoms with Gasteiger partial charge in [-0.15, -0.1) is 0 Å². The zero-order chi connectivity index (χ0) is 17.8. The SMILES string of the molecule is CCCCN1C(=O)COc2ccc(NC(=O)c3ccc(Cl)cc3)cc21. The number of unbranched alkanes of at least 4 members (excludes halogenated alkanes) is 1. The molecule has 0 saturated heterocycles. The molecule has 1 aliphatic heterocycles. The standard InChI is InChI=1S/C19H19ClN2O3/c1-2-3-10-22-16-11-15(8-9-17(16)25-12-18(22)23)21-19(24)13-4-6-14(20)7-5-13/h4-9,11H,2-3,10,12H2,1H3,(H,21,24). The maximum Gasteiger partial charge on any atom is 0.265 e. The van der Waals surface area contributed by atoms with Crippen molar-refractivity contribution < 1.29 is 14.3 Å². The first-order valence-electron chi connectivity index (χ1n) is 8.22. The van der Waals surface area contributed by atoms with Crippen molar-refractivity contribution in [3.8, 4) is 5.75 Å². The Kier molecular flexibility index (Phi) is 5.24. The third kappa shape index (κ3) is 3.94. The van der Waals surface area contributed by atoms with Crippen molar-refractivity contribution in [2.24, 2.45) is 0 Å². The summed E-state index contributed by atoms with van der Waals surface area (Å²) in [4.78, 5) is 26.2. The number of rotatable bonds is 5. The van der Waals surface area contributed by atoms with E-state index >= 15 is 0 Å². The minimum atomic E-state index is -0.236. The van der Waals surface area contributed by atoms with Crippen molar-refractivity contribution in [3.05, 3.63) is 53.1 Å².